The van der Waals surface area contributed by atoms with E-state index in [2.05, 4.69) is 34.7 Å². The SMILES string of the molecule is CCN(CC)CCCN1C(=O)C(=O)C(=C(O)c2cc(C)ccc2C)C1c1cccc(Br)c1. The van der Waals surface area contributed by atoms with E-state index in [0.717, 1.165) is 47.2 Å². The average Bonchev–Trinajstić information content (AvgIpc) is 3.03. The molecule has 0 radical (unpaired) electrons. The Morgan fingerprint density at radius 2 is 1.81 bits per heavy atom. The van der Waals surface area contributed by atoms with Gasteiger partial charge in [0.15, 0.2) is 0 Å². The van der Waals surface area contributed by atoms with Crippen molar-refractivity contribution in [1.29, 1.82) is 0 Å². The molecule has 1 atom stereocenters. The summed E-state index contributed by atoms with van der Waals surface area (Å²) >= 11 is 3.50. The highest BCUT2D eigenvalue weighted by Gasteiger charge is 2.46. The van der Waals surface area contributed by atoms with Crippen molar-refractivity contribution in [2.45, 2.75) is 40.2 Å². The number of nitrogens with zero attached hydrogens (tertiary/aromatic N) is 2. The van der Waals surface area contributed by atoms with Gasteiger partial charge in [0.25, 0.3) is 11.7 Å². The van der Waals surface area contributed by atoms with Crippen molar-refractivity contribution in [2.75, 3.05) is 26.2 Å². The second-order valence-electron chi connectivity index (χ2n) is 8.25. The third-order valence-corrected chi connectivity index (χ3v) is 6.61. The largest absolute Gasteiger partial charge is 0.507 e. The summed E-state index contributed by atoms with van der Waals surface area (Å²) in [7, 11) is 0. The van der Waals surface area contributed by atoms with Crippen molar-refractivity contribution in [3.8, 4) is 0 Å². The average molecular weight is 499 g/mol. The lowest BCUT2D eigenvalue weighted by Crippen LogP contribution is -2.33. The van der Waals surface area contributed by atoms with Crippen molar-refractivity contribution in [2.24, 2.45) is 0 Å². The molecular formula is C26H31BrN2O3. The lowest BCUT2D eigenvalue weighted by Gasteiger charge is -2.27. The van der Waals surface area contributed by atoms with Crippen molar-refractivity contribution >= 4 is 33.4 Å². The van der Waals surface area contributed by atoms with E-state index in [-0.39, 0.29) is 11.3 Å². The van der Waals surface area contributed by atoms with E-state index in [4.69, 9.17) is 0 Å². The number of aliphatic hydroxyl groups is 1. The van der Waals surface area contributed by atoms with Gasteiger partial charge in [-0.2, -0.15) is 0 Å². The topological polar surface area (TPSA) is 60.9 Å². The van der Waals surface area contributed by atoms with Gasteiger partial charge in [-0.3, -0.25) is 9.59 Å². The number of hydrogen-bond acceptors (Lipinski definition) is 4. The van der Waals surface area contributed by atoms with Gasteiger partial charge in [-0.1, -0.05) is 59.6 Å². The summed E-state index contributed by atoms with van der Waals surface area (Å²) in [5.41, 5.74) is 3.38. The highest BCUT2D eigenvalue weighted by atomic mass is 79.9. The molecule has 0 spiro atoms. The van der Waals surface area contributed by atoms with Gasteiger partial charge in [-0.15, -0.1) is 0 Å². The first-order valence-electron chi connectivity index (χ1n) is 11.1. The van der Waals surface area contributed by atoms with Crippen molar-refractivity contribution < 1.29 is 14.7 Å². The van der Waals surface area contributed by atoms with Crippen LogP contribution in [-0.4, -0.2) is 52.8 Å². The Morgan fingerprint density at radius 3 is 2.47 bits per heavy atom. The number of carbonyl (C=O) groups is 2. The van der Waals surface area contributed by atoms with E-state index in [1.807, 2.05) is 56.3 Å². The smallest absolute Gasteiger partial charge is 0.295 e. The van der Waals surface area contributed by atoms with Crippen LogP contribution in [0.3, 0.4) is 0 Å². The molecule has 2 aromatic rings. The second kappa shape index (κ2) is 10.5. The quantitative estimate of drug-likeness (QED) is 0.308. The molecule has 0 bridgehead atoms. The Morgan fingerprint density at radius 1 is 1.09 bits per heavy atom. The Hall–Kier alpha value is -2.44. The number of carbonyl (C=O) groups excluding carboxylic acids is 2. The van der Waals surface area contributed by atoms with Crippen LogP contribution in [0.25, 0.3) is 5.76 Å². The Labute approximate surface area is 198 Å². The van der Waals surface area contributed by atoms with Gasteiger partial charge in [0.1, 0.15) is 5.76 Å². The minimum absolute atomic E-state index is 0.110. The summed E-state index contributed by atoms with van der Waals surface area (Å²) in [6, 6.07) is 12.7. The second-order valence-corrected chi connectivity index (χ2v) is 9.16. The van der Waals surface area contributed by atoms with Gasteiger partial charge in [-0.05, 0) is 69.2 Å². The van der Waals surface area contributed by atoms with E-state index in [1.165, 1.54) is 0 Å². The van der Waals surface area contributed by atoms with Crippen LogP contribution >= 0.6 is 15.9 Å². The number of aryl methyl sites for hydroxylation is 2. The molecule has 1 N–H and O–H groups in total. The van der Waals surface area contributed by atoms with E-state index in [9.17, 15) is 14.7 Å². The summed E-state index contributed by atoms with van der Waals surface area (Å²) in [6.07, 6.45) is 0.753. The van der Waals surface area contributed by atoms with Gasteiger partial charge in [0.05, 0.1) is 11.6 Å². The highest BCUT2D eigenvalue weighted by Crippen LogP contribution is 2.40. The maximum atomic E-state index is 13.2. The number of aliphatic hydroxyl groups excluding tert-OH is 1. The highest BCUT2D eigenvalue weighted by molar-refractivity contribution is 9.10. The molecule has 6 heteroatoms. The number of rotatable bonds is 8. The van der Waals surface area contributed by atoms with Crippen LogP contribution in [-0.2, 0) is 9.59 Å². The van der Waals surface area contributed by atoms with Crippen LogP contribution in [0.4, 0.5) is 0 Å². The molecule has 1 aliphatic rings. The molecule has 1 heterocycles. The Kier molecular flexibility index (Phi) is 7.91. The summed E-state index contributed by atoms with van der Waals surface area (Å²) in [5.74, 6) is -1.29. The number of amides is 1. The summed E-state index contributed by atoms with van der Waals surface area (Å²) < 4.78 is 0.857. The molecule has 1 unspecified atom stereocenters. The van der Waals surface area contributed by atoms with Crippen LogP contribution in [0.1, 0.15) is 48.6 Å². The molecule has 32 heavy (non-hydrogen) atoms. The number of likely N-dealkylation sites (tertiary alicyclic amines) is 1. The standard InChI is InChI=1S/C26H31BrN2O3/c1-5-28(6-2)13-8-14-29-23(19-9-7-10-20(27)16-19)22(25(31)26(29)32)24(30)21-15-17(3)11-12-18(21)4/h7,9-12,15-16,23,30H,5-6,8,13-14H2,1-4H3. The Balaban J connectivity index is 2.08. The lowest BCUT2D eigenvalue weighted by molar-refractivity contribution is -0.140. The zero-order valence-electron chi connectivity index (χ0n) is 19.2. The van der Waals surface area contributed by atoms with E-state index >= 15 is 0 Å². The fraction of sp³-hybridized carbons (Fsp3) is 0.385. The molecule has 5 nitrogen and oxygen atoms in total. The molecule has 3 rings (SSSR count). The number of halogens is 1. The number of Topliss-reactive ketones (excluding diaryl/α,β-unsaturated/α-hetero) is 1. The molecule has 1 saturated heterocycles. The van der Waals surface area contributed by atoms with Gasteiger partial charge in [0.2, 0.25) is 0 Å². The Bertz CT molecular complexity index is 1040. The molecule has 0 aromatic heterocycles. The molecule has 170 valence electrons. The van der Waals surface area contributed by atoms with E-state index in [0.29, 0.717) is 12.1 Å². The molecule has 0 aliphatic carbocycles. The van der Waals surface area contributed by atoms with Gasteiger partial charge < -0.3 is 14.9 Å². The monoisotopic (exact) mass is 498 g/mol. The third-order valence-electron chi connectivity index (χ3n) is 6.12. The number of benzene rings is 2. The predicted octanol–water partition coefficient (Wildman–Crippen LogP) is 5.22. The molecular weight excluding hydrogens is 468 g/mol. The van der Waals surface area contributed by atoms with Gasteiger partial charge in [-0.25, -0.2) is 0 Å². The molecule has 1 aliphatic heterocycles. The zero-order valence-corrected chi connectivity index (χ0v) is 20.8. The van der Waals surface area contributed by atoms with E-state index in [1.54, 1.807) is 4.90 Å². The normalized spacial score (nSPS) is 18.1. The zero-order chi connectivity index (χ0) is 23.4. The number of ketones is 1. The predicted molar refractivity (Wildman–Crippen MR) is 131 cm³/mol. The lowest BCUT2D eigenvalue weighted by atomic mass is 9.93. The van der Waals surface area contributed by atoms with Crippen molar-refractivity contribution in [3.63, 3.8) is 0 Å². The fourth-order valence-corrected chi connectivity index (χ4v) is 4.69. The minimum atomic E-state index is -0.628. The minimum Gasteiger partial charge on any atom is -0.507 e. The van der Waals surface area contributed by atoms with E-state index < -0.39 is 17.7 Å². The molecule has 2 aromatic carbocycles. The molecule has 0 saturated carbocycles. The fourth-order valence-electron chi connectivity index (χ4n) is 4.27. The summed E-state index contributed by atoms with van der Waals surface area (Å²) in [5, 5.41) is 11.3. The van der Waals surface area contributed by atoms with Crippen molar-refractivity contribution in [1.82, 2.24) is 9.80 Å². The van der Waals surface area contributed by atoms with Crippen LogP contribution in [0.15, 0.2) is 52.5 Å². The third kappa shape index (κ3) is 4.97. The first-order chi connectivity index (χ1) is 15.3. The number of hydrogen-bond donors (Lipinski definition) is 1. The first kappa shape index (κ1) is 24.2. The molecule has 1 fully saturated rings. The first-order valence-corrected chi connectivity index (χ1v) is 11.9. The van der Waals surface area contributed by atoms with Crippen LogP contribution in [0, 0.1) is 13.8 Å². The van der Waals surface area contributed by atoms with Crippen molar-refractivity contribution in [3.05, 3.63) is 74.8 Å². The van der Waals surface area contributed by atoms with Crippen LogP contribution in [0.2, 0.25) is 0 Å². The molecule has 1 amide bonds. The summed E-state index contributed by atoms with van der Waals surface area (Å²) in [6.45, 7) is 11.2. The van der Waals surface area contributed by atoms with Gasteiger partial charge in [0, 0.05) is 16.6 Å². The maximum Gasteiger partial charge on any atom is 0.295 e. The van der Waals surface area contributed by atoms with Crippen LogP contribution < -0.4 is 0 Å². The maximum absolute atomic E-state index is 13.2. The van der Waals surface area contributed by atoms with Gasteiger partial charge >= 0.3 is 0 Å². The van der Waals surface area contributed by atoms with Crippen LogP contribution in [0.5, 0.6) is 0 Å². The summed E-state index contributed by atoms with van der Waals surface area (Å²) in [4.78, 5) is 30.2.